The third-order valence-corrected chi connectivity index (χ3v) is 5.60. The second-order valence-corrected chi connectivity index (χ2v) is 7.39. The lowest BCUT2D eigenvalue weighted by Crippen LogP contribution is -2.38. The molecule has 2 aliphatic heterocycles. The maximum atomic E-state index is 12.1. The molecule has 0 atom stereocenters. The van der Waals surface area contributed by atoms with Gasteiger partial charge < -0.3 is 4.74 Å². The Kier molecular flexibility index (Phi) is 3.73. The predicted octanol–water partition coefficient (Wildman–Crippen LogP) is 0.481. The third kappa shape index (κ3) is 2.81. The monoisotopic (exact) mass is 310 g/mol. The van der Waals surface area contributed by atoms with E-state index in [1.807, 2.05) is 12.1 Å². The summed E-state index contributed by atoms with van der Waals surface area (Å²) < 4.78 is 30.2. The van der Waals surface area contributed by atoms with Gasteiger partial charge in [0.2, 0.25) is 10.0 Å². The Morgan fingerprint density at radius 2 is 1.95 bits per heavy atom. The Labute approximate surface area is 124 Å². The maximum Gasteiger partial charge on any atom is 0.242 e. The van der Waals surface area contributed by atoms with Gasteiger partial charge in [0.05, 0.1) is 18.9 Å². The summed E-state index contributed by atoms with van der Waals surface area (Å²) in [4.78, 5) is 14.3. The first-order chi connectivity index (χ1) is 9.97. The molecule has 0 amide bonds. The molecule has 0 spiro atoms. The smallest absolute Gasteiger partial charge is 0.242 e. The summed E-state index contributed by atoms with van der Waals surface area (Å²) in [7, 11) is -2.02. The van der Waals surface area contributed by atoms with Crippen LogP contribution in [0.2, 0.25) is 0 Å². The molecule has 0 bridgehead atoms. The number of anilines is 1. The Balaban J connectivity index is 1.87. The average Bonchev–Trinajstić information content (AvgIpc) is 2.46. The number of rotatable bonds is 2. The van der Waals surface area contributed by atoms with Crippen molar-refractivity contribution < 1.29 is 17.9 Å². The van der Waals surface area contributed by atoms with Crippen LogP contribution < -0.4 is 4.31 Å². The molecule has 1 fully saturated rings. The zero-order valence-electron chi connectivity index (χ0n) is 11.9. The Bertz CT molecular complexity index is 666. The standard InChI is InChI=1S/C14H18N2O4S/c1-15-13-3-2-11(9-16-4-6-20-7-5-16)8-12(13)14(17)10-21(15,18)19/h2-3,8H,4-7,9-10H2,1H3. The highest BCUT2D eigenvalue weighted by molar-refractivity contribution is 7.93. The van der Waals surface area contributed by atoms with Crippen LogP contribution in [0, 0.1) is 0 Å². The minimum atomic E-state index is -3.51. The molecule has 0 aliphatic carbocycles. The molecule has 1 aromatic carbocycles. The molecule has 21 heavy (non-hydrogen) atoms. The highest BCUT2D eigenvalue weighted by Crippen LogP contribution is 2.29. The largest absolute Gasteiger partial charge is 0.379 e. The lowest BCUT2D eigenvalue weighted by atomic mass is 10.0. The Morgan fingerprint density at radius 3 is 2.67 bits per heavy atom. The Hall–Kier alpha value is -1.44. The van der Waals surface area contributed by atoms with Crippen LogP contribution in [0.3, 0.4) is 0 Å². The molecule has 2 heterocycles. The number of morpholine rings is 1. The van der Waals surface area contributed by atoms with E-state index in [0.717, 1.165) is 38.4 Å². The van der Waals surface area contributed by atoms with Crippen LogP contribution >= 0.6 is 0 Å². The lowest BCUT2D eigenvalue weighted by molar-refractivity contribution is 0.0342. The van der Waals surface area contributed by atoms with Gasteiger partial charge in [-0.3, -0.25) is 14.0 Å². The summed E-state index contributed by atoms with van der Waals surface area (Å²) in [6, 6.07) is 5.43. The van der Waals surface area contributed by atoms with Crippen molar-refractivity contribution in [1.82, 2.24) is 4.90 Å². The summed E-state index contributed by atoms with van der Waals surface area (Å²) in [5.41, 5.74) is 1.99. The van der Waals surface area contributed by atoms with E-state index in [-0.39, 0.29) is 5.78 Å². The highest BCUT2D eigenvalue weighted by atomic mass is 32.2. The van der Waals surface area contributed by atoms with Crippen molar-refractivity contribution >= 4 is 21.5 Å². The molecule has 0 unspecified atom stereocenters. The molecule has 114 valence electrons. The summed E-state index contributed by atoms with van der Waals surface area (Å²) in [6.45, 7) is 3.95. The molecule has 1 saturated heterocycles. The van der Waals surface area contributed by atoms with E-state index in [9.17, 15) is 13.2 Å². The quantitative estimate of drug-likeness (QED) is 0.795. The molecule has 0 N–H and O–H groups in total. The molecule has 7 heteroatoms. The molecule has 0 aromatic heterocycles. The van der Waals surface area contributed by atoms with E-state index < -0.39 is 15.8 Å². The van der Waals surface area contributed by atoms with Crippen LogP contribution in [0.25, 0.3) is 0 Å². The van der Waals surface area contributed by atoms with Gasteiger partial charge in [-0.25, -0.2) is 8.42 Å². The van der Waals surface area contributed by atoms with Crippen LogP contribution in [0.4, 0.5) is 5.69 Å². The fourth-order valence-corrected chi connectivity index (χ4v) is 3.83. The zero-order valence-corrected chi connectivity index (χ0v) is 12.7. The van der Waals surface area contributed by atoms with E-state index in [4.69, 9.17) is 4.74 Å². The molecule has 3 rings (SSSR count). The number of sulfonamides is 1. The molecule has 2 aliphatic rings. The summed E-state index contributed by atoms with van der Waals surface area (Å²) in [6.07, 6.45) is 0. The second-order valence-electron chi connectivity index (χ2n) is 5.39. The van der Waals surface area contributed by atoms with Crippen LogP contribution in [0.5, 0.6) is 0 Å². The number of carbonyl (C=O) groups is 1. The number of hydrogen-bond acceptors (Lipinski definition) is 5. The number of Topliss-reactive ketones (excluding diaryl/α,β-unsaturated/α-hetero) is 1. The number of ether oxygens (including phenoxy) is 1. The molecule has 0 radical (unpaired) electrons. The average molecular weight is 310 g/mol. The van der Waals surface area contributed by atoms with Crippen molar-refractivity contribution in [3.8, 4) is 0 Å². The predicted molar refractivity (Wildman–Crippen MR) is 79.1 cm³/mol. The minimum absolute atomic E-state index is 0.327. The van der Waals surface area contributed by atoms with Crippen LogP contribution in [-0.4, -0.2) is 58.2 Å². The summed E-state index contributed by atoms with van der Waals surface area (Å²) in [5.74, 6) is -0.774. The SMILES string of the molecule is CN1c2ccc(CN3CCOCC3)cc2C(=O)CS1(=O)=O. The topological polar surface area (TPSA) is 66.9 Å². The number of hydrogen-bond donors (Lipinski definition) is 0. The van der Waals surface area contributed by atoms with E-state index in [1.54, 1.807) is 6.07 Å². The van der Waals surface area contributed by atoms with Gasteiger partial charge in [0, 0.05) is 32.2 Å². The van der Waals surface area contributed by atoms with Gasteiger partial charge in [0.1, 0.15) is 5.75 Å². The summed E-state index contributed by atoms with van der Waals surface area (Å²) in [5, 5.41) is 0. The van der Waals surface area contributed by atoms with E-state index in [2.05, 4.69) is 4.90 Å². The maximum absolute atomic E-state index is 12.1. The van der Waals surface area contributed by atoms with Crippen molar-refractivity contribution in [2.45, 2.75) is 6.54 Å². The lowest BCUT2D eigenvalue weighted by Gasteiger charge is -2.29. The first-order valence-electron chi connectivity index (χ1n) is 6.90. The van der Waals surface area contributed by atoms with Gasteiger partial charge in [-0.1, -0.05) is 6.07 Å². The van der Waals surface area contributed by atoms with Gasteiger partial charge in [0.25, 0.3) is 0 Å². The van der Waals surface area contributed by atoms with Crippen molar-refractivity contribution in [2.75, 3.05) is 43.4 Å². The molecular weight excluding hydrogens is 292 g/mol. The van der Waals surface area contributed by atoms with Crippen molar-refractivity contribution in [3.05, 3.63) is 29.3 Å². The Morgan fingerprint density at radius 1 is 1.24 bits per heavy atom. The highest BCUT2D eigenvalue weighted by Gasteiger charge is 2.32. The summed E-state index contributed by atoms with van der Waals surface area (Å²) >= 11 is 0. The normalized spacial score (nSPS) is 22.1. The fourth-order valence-electron chi connectivity index (χ4n) is 2.69. The van der Waals surface area contributed by atoms with Crippen molar-refractivity contribution in [1.29, 1.82) is 0 Å². The van der Waals surface area contributed by atoms with Crippen molar-refractivity contribution in [3.63, 3.8) is 0 Å². The first kappa shape index (κ1) is 14.5. The van der Waals surface area contributed by atoms with Crippen LogP contribution in [0.15, 0.2) is 18.2 Å². The molecule has 0 saturated carbocycles. The number of nitrogens with zero attached hydrogens (tertiary/aromatic N) is 2. The number of ketones is 1. The van der Waals surface area contributed by atoms with E-state index >= 15 is 0 Å². The fraction of sp³-hybridized carbons (Fsp3) is 0.500. The molecular formula is C14H18N2O4S. The van der Waals surface area contributed by atoms with Gasteiger partial charge in [-0.05, 0) is 17.7 Å². The molecule has 1 aromatic rings. The van der Waals surface area contributed by atoms with Gasteiger partial charge in [-0.2, -0.15) is 0 Å². The van der Waals surface area contributed by atoms with E-state index in [1.165, 1.54) is 11.4 Å². The van der Waals surface area contributed by atoms with Crippen LogP contribution in [-0.2, 0) is 21.3 Å². The van der Waals surface area contributed by atoms with Gasteiger partial charge in [-0.15, -0.1) is 0 Å². The minimum Gasteiger partial charge on any atom is -0.379 e. The first-order valence-corrected chi connectivity index (χ1v) is 8.51. The molecule has 6 nitrogen and oxygen atoms in total. The second kappa shape index (κ2) is 5.40. The van der Waals surface area contributed by atoms with E-state index in [0.29, 0.717) is 11.3 Å². The van der Waals surface area contributed by atoms with Crippen LogP contribution in [0.1, 0.15) is 15.9 Å². The number of benzene rings is 1. The van der Waals surface area contributed by atoms with Gasteiger partial charge >= 0.3 is 0 Å². The van der Waals surface area contributed by atoms with Gasteiger partial charge in [0.15, 0.2) is 5.78 Å². The zero-order chi connectivity index (χ0) is 15.0. The number of carbonyl (C=O) groups excluding carboxylic acids is 1. The third-order valence-electron chi connectivity index (χ3n) is 3.94. The number of fused-ring (bicyclic) bond motifs is 1. The van der Waals surface area contributed by atoms with Crippen molar-refractivity contribution in [2.24, 2.45) is 0 Å².